The highest BCUT2D eigenvalue weighted by Gasteiger charge is 2.13. The summed E-state index contributed by atoms with van der Waals surface area (Å²) in [5.41, 5.74) is 1.61. The smallest absolute Gasteiger partial charge is 0.0253 e. The lowest BCUT2D eigenvalue weighted by atomic mass is 10.0. The Labute approximate surface area is 76.2 Å². The van der Waals surface area contributed by atoms with Crippen LogP contribution in [0.2, 0.25) is 0 Å². The summed E-state index contributed by atoms with van der Waals surface area (Å²) in [5.74, 6) is 0. The van der Waals surface area contributed by atoms with E-state index in [0.29, 0.717) is 12.1 Å². The Bertz CT molecular complexity index is 160. The van der Waals surface area contributed by atoms with Gasteiger partial charge in [0.1, 0.15) is 0 Å². The van der Waals surface area contributed by atoms with Crippen molar-refractivity contribution in [1.82, 2.24) is 5.32 Å². The molecule has 1 rings (SSSR count). The van der Waals surface area contributed by atoms with Gasteiger partial charge >= 0.3 is 0 Å². The molecule has 0 spiro atoms. The lowest BCUT2D eigenvalue weighted by molar-refractivity contribution is 0.489. The summed E-state index contributed by atoms with van der Waals surface area (Å²) in [5, 5.41) is 3.61. The summed E-state index contributed by atoms with van der Waals surface area (Å²) >= 11 is 0. The average molecular weight is 167 g/mol. The lowest BCUT2D eigenvalue weighted by Crippen LogP contribution is -2.34. The van der Waals surface area contributed by atoms with E-state index in [-0.39, 0.29) is 0 Å². The molecule has 1 aliphatic heterocycles. The van der Waals surface area contributed by atoms with Gasteiger partial charge in [-0.3, -0.25) is 0 Å². The quantitative estimate of drug-likeness (QED) is 0.624. The highest BCUT2D eigenvalue weighted by atomic mass is 14.9. The number of allylic oxidation sites excluding steroid dienone is 1. The molecule has 1 heteroatoms. The number of hydrogen-bond donors (Lipinski definition) is 1. The normalized spacial score (nSPS) is 31.1. The fourth-order valence-corrected chi connectivity index (χ4v) is 1.92. The maximum atomic E-state index is 3.61. The molecule has 2 atom stereocenters. The number of hydrogen-bond acceptors (Lipinski definition) is 1. The van der Waals surface area contributed by atoms with Crippen LogP contribution in [0.1, 0.15) is 46.5 Å². The van der Waals surface area contributed by atoms with Gasteiger partial charge < -0.3 is 5.32 Å². The molecule has 0 fully saturated rings. The Balaban J connectivity index is 2.53. The molecule has 70 valence electrons. The van der Waals surface area contributed by atoms with Crippen molar-refractivity contribution in [2.24, 2.45) is 0 Å². The predicted octanol–water partition coefficient (Wildman–Crippen LogP) is 2.87. The summed E-state index contributed by atoms with van der Waals surface area (Å²) in [6.45, 7) is 6.81. The zero-order valence-corrected chi connectivity index (χ0v) is 8.56. The van der Waals surface area contributed by atoms with E-state index >= 15 is 0 Å². The third-order valence-corrected chi connectivity index (χ3v) is 2.64. The molecule has 0 aromatic carbocycles. The van der Waals surface area contributed by atoms with Crippen LogP contribution in [0.15, 0.2) is 11.6 Å². The first-order chi connectivity index (χ1) is 5.74. The van der Waals surface area contributed by atoms with Crippen LogP contribution in [-0.2, 0) is 0 Å². The van der Waals surface area contributed by atoms with Crippen LogP contribution < -0.4 is 5.32 Å². The summed E-state index contributed by atoms with van der Waals surface area (Å²) in [6.07, 6.45) is 7.52. The van der Waals surface area contributed by atoms with Crippen molar-refractivity contribution < 1.29 is 0 Å². The van der Waals surface area contributed by atoms with E-state index < -0.39 is 0 Å². The van der Waals surface area contributed by atoms with Gasteiger partial charge in [0.05, 0.1) is 0 Å². The Morgan fingerprint density at radius 3 is 2.92 bits per heavy atom. The monoisotopic (exact) mass is 167 g/mol. The molecule has 1 nitrogen and oxygen atoms in total. The molecule has 1 N–H and O–H groups in total. The van der Waals surface area contributed by atoms with Gasteiger partial charge in [-0.1, -0.05) is 25.0 Å². The van der Waals surface area contributed by atoms with Gasteiger partial charge in [-0.2, -0.15) is 0 Å². The first kappa shape index (κ1) is 9.79. The van der Waals surface area contributed by atoms with E-state index in [1.54, 1.807) is 5.57 Å². The van der Waals surface area contributed by atoms with Crippen molar-refractivity contribution in [1.29, 1.82) is 0 Å². The van der Waals surface area contributed by atoms with Gasteiger partial charge in [0.2, 0.25) is 0 Å². The van der Waals surface area contributed by atoms with E-state index in [4.69, 9.17) is 0 Å². The molecule has 2 unspecified atom stereocenters. The Kier molecular flexibility index (Phi) is 3.80. The van der Waals surface area contributed by atoms with Crippen LogP contribution in [0, 0.1) is 0 Å². The lowest BCUT2D eigenvalue weighted by Gasteiger charge is -2.18. The summed E-state index contributed by atoms with van der Waals surface area (Å²) in [6, 6.07) is 1.29. The van der Waals surface area contributed by atoms with Gasteiger partial charge in [-0.25, -0.2) is 0 Å². The largest absolute Gasteiger partial charge is 0.308 e. The van der Waals surface area contributed by atoms with Crippen molar-refractivity contribution in [3.05, 3.63) is 11.6 Å². The molecule has 0 saturated carbocycles. The van der Waals surface area contributed by atoms with Crippen LogP contribution in [0.25, 0.3) is 0 Å². The second kappa shape index (κ2) is 4.66. The Hall–Kier alpha value is -0.300. The summed E-state index contributed by atoms with van der Waals surface area (Å²) < 4.78 is 0. The molecule has 1 aliphatic rings. The topological polar surface area (TPSA) is 12.0 Å². The number of rotatable bonds is 2. The first-order valence-electron chi connectivity index (χ1n) is 5.19. The zero-order valence-electron chi connectivity index (χ0n) is 8.56. The second-order valence-electron chi connectivity index (χ2n) is 3.90. The van der Waals surface area contributed by atoms with E-state index in [1.807, 2.05) is 0 Å². The molecule has 12 heavy (non-hydrogen) atoms. The van der Waals surface area contributed by atoms with Gasteiger partial charge in [0.25, 0.3) is 0 Å². The van der Waals surface area contributed by atoms with Crippen molar-refractivity contribution in [3.63, 3.8) is 0 Å². The fraction of sp³-hybridized carbons (Fsp3) is 0.818. The molecular formula is C11H21N. The zero-order chi connectivity index (χ0) is 8.97. The standard InChI is InChI=1S/C11H21N/c1-4-6-11-8-5-7-9(2)12-10(11)3/h8-10,12H,4-7H2,1-3H3. The molecular weight excluding hydrogens is 146 g/mol. The molecule has 0 aromatic heterocycles. The number of nitrogens with one attached hydrogen (secondary N) is 1. The van der Waals surface area contributed by atoms with Gasteiger partial charge in [-0.05, 0) is 33.1 Å². The third kappa shape index (κ3) is 2.63. The molecule has 1 heterocycles. The van der Waals surface area contributed by atoms with E-state index in [2.05, 4.69) is 32.2 Å². The van der Waals surface area contributed by atoms with Crippen LogP contribution in [-0.4, -0.2) is 12.1 Å². The molecule has 0 amide bonds. The van der Waals surface area contributed by atoms with Gasteiger partial charge in [-0.15, -0.1) is 0 Å². The molecule has 0 saturated heterocycles. The van der Waals surface area contributed by atoms with E-state index in [9.17, 15) is 0 Å². The fourth-order valence-electron chi connectivity index (χ4n) is 1.92. The molecule has 0 radical (unpaired) electrons. The molecule has 0 aromatic rings. The Morgan fingerprint density at radius 2 is 2.25 bits per heavy atom. The first-order valence-corrected chi connectivity index (χ1v) is 5.19. The minimum atomic E-state index is 0.599. The van der Waals surface area contributed by atoms with E-state index in [0.717, 1.165) is 0 Å². The van der Waals surface area contributed by atoms with Gasteiger partial charge in [0, 0.05) is 12.1 Å². The third-order valence-electron chi connectivity index (χ3n) is 2.64. The SMILES string of the molecule is CCCC1=CCCC(C)NC1C. The van der Waals surface area contributed by atoms with Crippen LogP contribution >= 0.6 is 0 Å². The average Bonchev–Trinajstić information content (AvgIpc) is 2.15. The van der Waals surface area contributed by atoms with Crippen LogP contribution in [0.3, 0.4) is 0 Å². The minimum absolute atomic E-state index is 0.599. The maximum Gasteiger partial charge on any atom is 0.0253 e. The van der Waals surface area contributed by atoms with Crippen molar-refractivity contribution >= 4 is 0 Å². The Morgan fingerprint density at radius 1 is 1.50 bits per heavy atom. The van der Waals surface area contributed by atoms with Crippen molar-refractivity contribution in [3.8, 4) is 0 Å². The molecule has 0 bridgehead atoms. The van der Waals surface area contributed by atoms with Gasteiger partial charge in [0.15, 0.2) is 0 Å². The maximum absolute atomic E-state index is 3.61. The van der Waals surface area contributed by atoms with Crippen LogP contribution in [0.5, 0.6) is 0 Å². The summed E-state index contributed by atoms with van der Waals surface area (Å²) in [7, 11) is 0. The predicted molar refractivity (Wildman–Crippen MR) is 54.3 cm³/mol. The van der Waals surface area contributed by atoms with Crippen molar-refractivity contribution in [2.45, 2.75) is 58.5 Å². The second-order valence-corrected chi connectivity index (χ2v) is 3.90. The van der Waals surface area contributed by atoms with Crippen molar-refractivity contribution in [2.75, 3.05) is 0 Å². The highest BCUT2D eigenvalue weighted by Crippen LogP contribution is 2.16. The van der Waals surface area contributed by atoms with E-state index in [1.165, 1.54) is 25.7 Å². The summed E-state index contributed by atoms with van der Waals surface area (Å²) in [4.78, 5) is 0. The van der Waals surface area contributed by atoms with Crippen LogP contribution in [0.4, 0.5) is 0 Å². The molecule has 0 aliphatic carbocycles. The minimum Gasteiger partial charge on any atom is -0.308 e. The highest BCUT2D eigenvalue weighted by molar-refractivity contribution is 5.11.